The second-order valence-corrected chi connectivity index (χ2v) is 6.17. The number of hydrogen-bond donors (Lipinski definition) is 2. The van der Waals surface area contributed by atoms with Gasteiger partial charge in [0.15, 0.2) is 5.78 Å². The van der Waals surface area contributed by atoms with Gasteiger partial charge in [0.25, 0.3) is 0 Å². The number of Topliss-reactive ketones (excluding diaryl/α,β-unsaturated/α-hetero) is 1. The number of ketones is 1. The molecular formula is C16H20N2O2S. The minimum Gasteiger partial charge on any atom is -0.497 e. The van der Waals surface area contributed by atoms with E-state index in [1.807, 2.05) is 44.2 Å². The fourth-order valence-electron chi connectivity index (χ4n) is 1.88. The lowest BCUT2D eigenvalue weighted by Crippen LogP contribution is -2.07. The van der Waals surface area contributed by atoms with Crippen molar-refractivity contribution < 1.29 is 9.53 Å². The molecule has 1 heterocycles. The van der Waals surface area contributed by atoms with Gasteiger partial charge in [-0.15, -0.1) is 11.3 Å². The molecule has 112 valence electrons. The molecule has 3 N–H and O–H groups in total. The number of anilines is 2. The number of carbonyl (C=O) groups excluding carboxylic acids is 1. The van der Waals surface area contributed by atoms with Gasteiger partial charge in [0.2, 0.25) is 0 Å². The van der Waals surface area contributed by atoms with E-state index in [4.69, 9.17) is 10.5 Å². The van der Waals surface area contributed by atoms with Crippen LogP contribution >= 0.6 is 11.3 Å². The molecule has 0 radical (unpaired) electrons. The summed E-state index contributed by atoms with van der Waals surface area (Å²) >= 11 is 1.41. The summed E-state index contributed by atoms with van der Waals surface area (Å²) in [5.74, 6) is 0.888. The maximum atomic E-state index is 12.0. The van der Waals surface area contributed by atoms with E-state index < -0.39 is 0 Å². The van der Waals surface area contributed by atoms with Gasteiger partial charge >= 0.3 is 0 Å². The van der Waals surface area contributed by atoms with Crippen molar-refractivity contribution in [2.45, 2.75) is 20.4 Å². The number of methoxy groups -OCH3 is 1. The van der Waals surface area contributed by atoms with E-state index >= 15 is 0 Å². The quantitative estimate of drug-likeness (QED) is 0.797. The minimum absolute atomic E-state index is 0.0413. The van der Waals surface area contributed by atoms with Gasteiger partial charge in [-0.3, -0.25) is 4.79 Å². The van der Waals surface area contributed by atoms with Crippen LogP contribution in [0, 0.1) is 5.92 Å². The first-order valence-corrected chi connectivity index (χ1v) is 7.63. The van der Waals surface area contributed by atoms with Crippen molar-refractivity contribution in [1.29, 1.82) is 0 Å². The Morgan fingerprint density at radius 3 is 2.57 bits per heavy atom. The highest BCUT2D eigenvalue weighted by atomic mass is 32.1. The summed E-state index contributed by atoms with van der Waals surface area (Å²) < 4.78 is 5.13. The van der Waals surface area contributed by atoms with Crippen LogP contribution in [-0.4, -0.2) is 12.9 Å². The Kier molecular flexibility index (Phi) is 4.85. The molecule has 0 bridgehead atoms. The van der Waals surface area contributed by atoms with E-state index in [-0.39, 0.29) is 11.7 Å². The molecule has 1 aromatic carbocycles. The maximum Gasteiger partial charge on any atom is 0.177 e. The zero-order valence-corrected chi connectivity index (χ0v) is 13.3. The third kappa shape index (κ3) is 3.76. The van der Waals surface area contributed by atoms with Gasteiger partial charge < -0.3 is 15.8 Å². The Labute approximate surface area is 128 Å². The molecule has 1 aromatic heterocycles. The average molecular weight is 304 g/mol. The number of carbonyl (C=O) groups is 1. The molecule has 0 unspecified atom stereocenters. The van der Waals surface area contributed by atoms with Crippen LogP contribution in [0.4, 0.5) is 10.7 Å². The summed E-state index contributed by atoms with van der Waals surface area (Å²) in [6, 6.07) is 9.68. The van der Waals surface area contributed by atoms with Crippen molar-refractivity contribution in [3.05, 3.63) is 40.8 Å². The molecular weight excluding hydrogens is 284 g/mol. The van der Waals surface area contributed by atoms with Crippen molar-refractivity contribution in [2.24, 2.45) is 5.92 Å². The molecule has 0 aliphatic heterocycles. The number of benzene rings is 1. The number of hydrogen-bond acceptors (Lipinski definition) is 5. The molecule has 0 saturated heterocycles. The van der Waals surface area contributed by atoms with Gasteiger partial charge in [-0.05, 0) is 23.8 Å². The van der Waals surface area contributed by atoms with Crippen molar-refractivity contribution in [2.75, 3.05) is 18.2 Å². The maximum absolute atomic E-state index is 12.0. The number of rotatable bonds is 6. The minimum atomic E-state index is -0.0413. The van der Waals surface area contributed by atoms with Gasteiger partial charge in [-0.1, -0.05) is 26.0 Å². The van der Waals surface area contributed by atoms with E-state index in [9.17, 15) is 4.79 Å². The predicted molar refractivity (Wildman–Crippen MR) is 88.2 cm³/mol. The molecule has 2 aromatic rings. The number of nitrogen functional groups attached to an aromatic ring is 1. The lowest BCUT2D eigenvalue weighted by molar-refractivity contribution is 0.0944. The van der Waals surface area contributed by atoms with Crippen molar-refractivity contribution in [3.8, 4) is 5.75 Å². The van der Waals surface area contributed by atoms with E-state index in [0.29, 0.717) is 17.1 Å². The summed E-state index contributed by atoms with van der Waals surface area (Å²) in [6.45, 7) is 4.44. The largest absolute Gasteiger partial charge is 0.497 e. The fraction of sp³-hybridized carbons (Fsp3) is 0.312. The first kappa shape index (κ1) is 15.4. The van der Waals surface area contributed by atoms with Gasteiger partial charge in [-0.2, -0.15) is 0 Å². The topological polar surface area (TPSA) is 64.3 Å². The van der Waals surface area contributed by atoms with E-state index in [2.05, 4.69) is 5.32 Å². The first-order valence-electron chi connectivity index (χ1n) is 6.81. The SMILES string of the molecule is COc1ccc(CNc2cc(N)c(C(=O)C(C)C)s2)cc1. The zero-order valence-electron chi connectivity index (χ0n) is 12.5. The van der Waals surface area contributed by atoms with Crippen molar-refractivity contribution in [1.82, 2.24) is 0 Å². The lowest BCUT2D eigenvalue weighted by atomic mass is 10.1. The molecule has 21 heavy (non-hydrogen) atoms. The average Bonchev–Trinajstić information content (AvgIpc) is 2.85. The smallest absolute Gasteiger partial charge is 0.177 e. The molecule has 0 atom stereocenters. The van der Waals surface area contributed by atoms with Crippen LogP contribution in [0.2, 0.25) is 0 Å². The summed E-state index contributed by atoms with van der Waals surface area (Å²) in [7, 11) is 1.65. The van der Waals surface area contributed by atoms with Crippen LogP contribution in [-0.2, 0) is 6.54 Å². The Morgan fingerprint density at radius 2 is 2.00 bits per heavy atom. The van der Waals surface area contributed by atoms with Crippen molar-refractivity contribution >= 4 is 27.8 Å². The summed E-state index contributed by atoms with van der Waals surface area (Å²) in [6.07, 6.45) is 0. The Morgan fingerprint density at radius 1 is 1.33 bits per heavy atom. The van der Waals surface area contributed by atoms with Crippen LogP contribution in [0.3, 0.4) is 0 Å². The van der Waals surface area contributed by atoms with Crippen LogP contribution in [0.5, 0.6) is 5.75 Å². The van der Waals surface area contributed by atoms with Crippen LogP contribution in [0.1, 0.15) is 29.1 Å². The highest BCUT2D eigenvalue weighted by molar-refractivity contribution is 7.18. The molecule has 0 spiro atoms. The second-order valence-electron chi connectivity index (χ2n) is 5.12. The molecule has 5 heteroatoms. The third-order valence-corrected chi connectivity index (χ3v) is 4.26. The number of thiophene rings is 1. The Bertz CT molecular complexity index is 618. The molecule has 0 amide bonds. The molecule has 0 aliphatic rings. The molecule has 2 rings (SSSR count). The highest BCUT2D eigenvalue weighted by Crippen LogP contribution is 2.31. The fourth-order valence-corrected chi connectivity index (χ4v) is 2.94. The standard InChI is InChI=1S/C16H20N2O2S/c1-10(2)15(19)16-13(17)8-14(21-16)18-9-11-4-6-12(20-3)7-5-11/h4-8,10,18H,9,17H2,1-3H3. The van der Waals surface area contributed by atoms with Gasteiger partial charge in [0.05, 0.1) is 22.7 Å². The summed E-state index contributed by atoms with van der Waals surface area (Å²) in [4.78, 5) is 12.7. The number of nitrogens with two attached hydrogens (primary N) is 1. The zero-order chi connectivity index (χ0) is 15.4. The summed E-state index contributed by atoms with van der Waals surface area (Å²) in [5.41, 5.74) is 7.61. The molecule has 0 saturated carbocycles. The van der Waals surface area contributed by atoms with E-state index in [1.165, 1.54) is 11.3 Å². The van der Waals surface area contributed by atoms with Gasteiger partial charge in [-0.25, -0.2) is 0 Å². The van der Waals surface area contributed by atoms with Crippen molar-refractivity contribution in [3.63, 3.8) is 0 Å². The van der Waals surface area contributed by atoms with Gasteiger partial charge in [0, 0.05) is 12.5 Å². The molecule has 0 fully saturated rings. The summed E-state index contributed by atoms with van der Waals surface area (Å²) in [5, 5.41) is 4.21. The Balaban J connectivity index is 2.03. The molecule has 0 aliphatic carbocycles. The van der Waals surface area contributed by atoms with Gasteiger partial charge in [0.1, 0.15) is 5.75 Å². The van der Waals surface area contributed by atoms with E-state index in [1.54, 1.807) is 7.11 Å². The van der Waals surface area contributed by atoms with E-state index in [0.717, 1.165) is 16.3 Å². The molecule has 4 nitrogen and oxygen atoms in total. The van der Waals surface area contributed by atoms with Crippen LogP contribution in [0.15, 0.2) is 30.3 Å². The lowest BCUT2D eigenvalue weighted by Gasteiger charge is -2.05. The first-order chi connectivity index (χ1) is 10.0. The number of ether oxygens (including phenoxy) is 1. The van der Waals surface area contributed by atoms with Crippen LogP contribution in [0.25, 0.3) is 0 Å². The third-order valence-electron chi connectivity index (χ3n) is 3.13. The predicted octanol–water partition coefficient (Wildman–Crippen LogP) is 3.79. The second kappa shape index (κ2) is 6.63. The highest BCUT2D eigenvalue weighted by Gasteiger charge is 2.17. The monoisotopic (exact) mass is 304 g/mol. The number of nitrogens with one attached hydrogen (secondary N) is 1. The Hall–Kier alpha value is -2.01. The normalized spacial score (nSPS) is 10.7. The van der Waals surface area contributed by atoms with Crippen LogP contribution < -0.4 is 15.8 Å².